The zero-order chi connectivity index (χ0) is 10.4. The van der Waals surface area contributed by atoms with Gasteiger partial charge in [0.25, 0.3) is 0 Å². The third kappa shape index (κ3) is 3.50. The van der Waals surface area contributed by atoms with Crippen LogP contribution in [0.2, 0.25) is 5.02 Å². The fourth-order valence-corrected chi connectivity index (χ4v) is 2.19. The molecule has 0 radical (unpaired) electrons. The Morgan fingerprint density at radius 1 is 1.50 bits per heavy atom. The number of methoxy groups -OCH3 is 1. The summed E-state index contributed by atoms with van der Waals surface area (Å²) in [5.41, 5.74) is 0.839. The van der Waals surface area contributed by atoms with Crippen molar-refractivity contribution in [3.05, 3.63) is 28.8 Å². The Kier molecular flexibility index (Phi) is 5.33. The third-order valence-corrected chi connectivity index (χ3v) is 3.19. The molecule has 78 valence electrons. The van der Waals surface area contributed by atoms with Gasteiger partial charge in [0.1, 0.15) is 0 Å². The van der Waals surface area contributed by atoms with Crippen LogP contribution in [-0.4, -0.2) is 24.6 Å². The fourth-order valence-electron chi connectivity index (χ4n) is 0.995. The van der Waals surface area contributed by atoms with Gasteiger partial charge in [-0.1, -0.05) is 17.7 Å². The molecule has 1 aromatic rings. The van der Waals surface area contributed by atoms with Gasteiger partial charge in [0.15, 0.2) is 0 Å². The van der Waals surface area contributed by atoms with E-state index < -0.39 is 0 Å². The maximum absolute atomic E-state index is 8.88. The summed E-state index contributed by atoms with van der Waals surface area (Å²) in [7, 11) is 1.68. The highest BCUT2D eigenvalue weighted by atomic mass is 35.5. The molecule has 0 amide bonds. The van der Waals surface area contributed by atoms with Crippen LogP contribution in [-0.2, 0) is 11.3 Å². The average molecular weight is 233 g/mol. The van der Waals surface area contributed by atoms with E-state index in [-0.39, 0.29) is 6.61 Å². The largest absolute Gasteiger partial charge is 0.392 e. The Balaban J connectivity index is 2.59. The van der Waals surface area contributed by atoms with Crippen LogP contribution in [0.25, 0.3) is 0 Å². The molecule has 0 saturated carbocycles. The smallest absolute Gasteiger partial charge is 0.0682 e. The van der Waals surface area contributed by atoms with E-state index >= 15 is 0 Å². The lowest BCUT2D eigenvalue weighted by molar-refractivity contribution is 0.218. The van der Waals surface area contributed by atoms with Crippen molar-refractivity contribution >= 4 is 23.4 Å². The fraction of sp³-hybridized carbons (Fsp3) is 0.400. The lowest BCUT2D eigenvalue weighted by Crippen LogP contribution is -1.91. The molecule has 0 aliphatic rings. The van der Waals surface area contributed by atoms with Crippen LogP contribution in [0.1, 0.15) is 5.56 Å². The first-order chi connectivity index (χ1) is 6.77. The first kappa shape index (κ1) is 11.9. The molecular formula is C10H13ClO2S. The predicted octanol–water partition coefficient (Wildman–Crippen LogP) is 2.57. The van der Waals surface area contributed by atoms with Crippen molar-refractivity contribution in [3.8, 4) is 0 Å². The lowest BCUT2D eigenvalue weighted by atomic mass is 10.2. The Bertz CT molecular complexity index is 291. The van der Waals surface area contributed by atoms with Crippen LogP contribution >= 0.6 is 23.4 Å². The molecule has 0 aliphatic heterocycles. The van der Waals surface area contributed by atoms with Gasteiger partial charge in [-0.2, -0.15) is 0 Å². The Hall–Kier alpha value is -0.220. The van der Waals surface area contributed by atoms with Crippen LogP contribution in [0.4, 0.5) is 0 Å². The summed E-state index contributed by atoms with van der Waals surface area (Å²) < 4.78 is 4.94. The number of aliphatic hydroxyl groups is 1. The van der Waals surface area contributed by atoms with Crippen molar-refractivity contribution < 1.29 is 9.84 Å². The van der Waals surface area contributed by atoms with Crippen LogP contribution in [0, 0.1) is 0 Å². The van der Waals surface area contributed by atoms with E-state index in [0.717, 1.165) is 16.2 Å². The summed E-state index contributed by atoms with van der Waals surface area (Å²) in [6.45, 7) is 0.742. The van der Waals surface area contributed by atoms with Crippen LogP contribution in [0.3, 0.4) is 0 Å². The van der Waals surface area contributed by atoms with E-state index in [1.165, 1.54) is 0 Å². The van der Waals surface area contributed by atoms with Crippen molar-refractivity contribution in [1.82, 2.24) is 0 Å². The minimum atomic E-state index is 0.0305. The summed E-state index contributed by atoms with van der Waals surface area (Å²) in [6.07, 6.45) is 0. The lowest BCUT2D eigenvalue weighted by Gasteiger charge is -2.05. The molecule has 0 saturated heterocycles. The van der Waals surface area contributed by atoms with Crippen LogP contribution < -0.4 is 0 Å². The number of hydrogen-bond acceptors (Lipinski definition) is 3. The van der Waals surface area contributed by atoms with Crippen molar-refractivity contribution in [3.63, 3.8) is 0 Å². The van der Waals surface area contributed by atoms with Crippen LogP contribution in [0.15, 0.2) is 23.1 Å². The number of aliphatic hydroxyl groups excluding tert-OH is 1. The minimum Gasteiger partial charge on any atom is -0.392 e. The molecule has 0 bridgehead atoms. The maximum atomic E-state index is 8.88. The second-order valence-corrected chi connectivity index (χ2v) is 4.31. The third-order valence-electron chi connectivity index (χ3n) is 1.72. The van der Waals surface area contributed by atoms with E-state index in [1.54, 1.807) is 24.9 Å². The summed E-state index contributed by atoms with van der Waals surface area (Å²) in [4.78, 5) is 1.03. The van der Waals surface area contributed by atoms with Crippen molar-refractivity contribution in [2.75, 3.05) is 19.5 Å². The maximum Gasteiger partial charge on any atom is 0.0682 e. The number of benzene rings is 1. The molecule has 0 atom stereocenters. The number of ether oxygens (including phenoxy) is 1. The molecule has 1 rings (SSSR count). The summed E-state index contributed by atoms with van der Waals surface area (Å²) in [5.74, 6) is 0.884. The van der Waals surface area contributed by atoms with Gasteiger partial charge in [0.2, 0.25) is 0 Å². The van der Waals surface area contributed by atoms with Crippen molar-refractivity contribution in [2.45, 2.75) is 11.5 Å². The van der Waals surface area contributed by atoms with Gasteiger partial charge in [-0.15, -0.1) is 11.8 Å². The van der Waals surface area contributed by atoms with E-state index in [4.69, 9.17) is 21.4 Å². The van der Waals surface area contributed by atoms with Gasteiger partial charge < -0.3 is 9.84 Å². The summed E-state index contributed by atoms with van der Waals surface area (Å²) >= 11 is 7.67. The molecule has 0 spiro atoms. The first-order valence-electron chi connectivity index (χ1n) is 4.29. The molecule has 0 heterocycles. The highest BCUT2D eigenvalue weighted by Gasteiger charge is 2.01. The predicted molar refractivity (Wildman–Crippen MR) is 60.0 cm³/mol. The zero-order valence-corrected chi connectivity index (χ0v) is 9.57. The van der Waals surface area contributed by atoms with Gasteiger partial charge in [-0.3, -0.25) is 0 Å². The second-order valence-electron chi connectivity index (χ2n) is 2.76. The van der Waals surface area contributed by atoms with E-state index in [2.05, 4.69) is 0 Å². The SMILES string of the molecule is COCCSc1ccc(CO)cc1Cl. The van der Waals surface area contributed by atoms with Gasteiger partial charge in [0, 0.05) is 17.8 Å². The molecule has 0 aromatic heterocycles. The molecule has 0 unspecified atom stereocenters. The zero-order valence-electron chi connectivity index (χ0n) is 8.00. The second kappa shape index (κ2) is 6.30. The normalized spacial score (nSPS) is 10.5. The number of hydrogen-bond donors (Lipinski definition) is 1. The monoisotopic (exact) mass is 232 g/mol. The molecule has 0 fully saturated rings. The van der Waals surface area contributed by atoms with E-state index in [1.807, 2.05) is 12.1 Å². The Morgan fingerprint density at radius 3 is 2.86 bits per heavy atom. The molecule has 1 N–H and O–H groups in total. The van der Waals surface area contributed by atoms with Gasteiger partial charge >= 0.3 is 0 Å². The number of thioether (sulfide) groups is 1. The highest BCUT2D eigenvalue weighted by Crippen LogP contribution is 2.27. The molecule has 4 heteroatoms. The quantitative estimate of drug-likeness (QED) is 0.625. The minimum absolute atomic E-state index is 0.0305. The summed E-state index contributed by atoms with van der Waals surface area (Å²) in [6, 6.07) is 5.59. The average Bonchev–Trinajstić information content (AvgIpc) is 2.20. The Morgan fingerprint density at radius 2 is 2.29 bits per heavy atom. The number of halogens is 1. The topological polar surface area (TPSA) is 29.5 Å². The van der Waals surface area contributed by atoms with Gasteiger partial charge in [-0.05, 0) is 17.7 Å². The van der Waals surface area contributed by atoms with E-state index in [9.17, 15) is 0 Å². The molecule has 14 heavy (non-hydrogen) atoms. The van der Waals surface area contributed by atoms with Crippen molar-refractivity contribution in [2.24, 2.45) is 0 Å². The Labute approximate surface area is 93.2 Å². The van der Waals surface area contributed by atoms with Gasteiger partial charge in [-0.25, -0.2) is 0 Å². The number of rotatable bonds is 5. The van der Waals surface area contributed by atoms with E-state index in [0.29, 0.717) is 11.6 Å². The first-order valence-corrected chi connectivity index (χ1v) is 5.65. The molecular weight excluding hydrogens is 220 g/mol. The highest BCUT2D eigenvalue weighted by molar-refractivity contribution is 7.99. The van der Waals surface area contributed by atoms with Crippen LogP contribution in [0.5, 0.6) is 0 Å². The molecule has 2 nitrogen and oxygen atoms in total. The molecule has 1 aromatic carbocycles. The summed E-state index contributed by atoms with van der Waals surface area (Å²) in [5, 5.41) is 9.57. The van der Waals surface area contributed by atoms with Crippen molar-refractivity contribution in [1.29, 1.82) is 0 Å². The van der Waals surface area contributed by atoms with Gasteiger partial charge in [0.05, 0.1) is 18.2 Å². The molecule has 0 aliphatic carbocycles. The standard InChI is InChI=1S/C10H13ClO2S/c1-13-4-5-14-10-3-2-8(7-12)6-9(10)11/h2-3,6,12H,4-5,7H2,1H3.